The van der Waals surface area contributed by atoms with Gasteiger partial charge in [0, 0.05) is 31.2 Å². The van der Waals surface area contributed by atoms with Crippen LogP contribution in [0.2, 0.25) is 0 Å². The quantitative estimate of drug-likeness (QED) is 0.738. The number of likely N-dealkylation sites (tertiary alicyclic amines) is 1. The highest BCUT2D eigenvalue weighted by Gasteiger charge is 2.21. The smallest absolute Gasteiger partial charge is 0.225 e. The van der Waals surface area contributed by atoms with Crippen LogP contribution in [0.5, 0.6) is 0 Å². The van der Waals surface area contributed by atoms with Gasteiger partial charge >= 0.3 is 0 Å². The van der Waals surface area contributed by atoms with Gasteiger partial charge in [0.05, 0.1) is 6.61 Å². The molecular weight excluding hydrogens is 266 g/mol. The maximum atomic E-state index is 12.0. The van der Waals surface area contributed by atoms with Crippen LogP contribution in [0.1, 0.15) is 31.2 Å². The molecule has 0 aliphatic carbocycles. The number of nitrogens with one attached hydrogen (secondary N) is 1. The average molecular weight is 291 g/mol. The maximum Gasteiger partial charge on any atom is 0.225 e. The van der Waals surface area contributed by atoms with Gasteiger partial charge in [0.2, 0.25) is 5.91 Å². The van der Waals surface area contributed by atoms with Gasteiger partial charge in [-0.2, -0.15) is 0 Å². The summed E-state index contributed by atoms with van der Waals surface area (Å²) in [5.41, 5.74) is 7.39. The Morgan fingerprint density at radius 3 is 2.76 bits per heavy atom. The van der Waals surface area contributed by atoms with Crippen molar-refractivity contribution in [3.05, 3.63) is 29.8 Å². The minimum absolute atomic E-state index is 0.0118. The van der Waals surface area contributed by atoms with E-state index in [4.69, 9.17) is 5.73 Å². The minimum Gasteiger partial charge on any atom is -0.395 e. The number of aliphatic hydroxyl groups excluding tert-OH is 1. The molecule has 1 unspecified atom stereocenters. The van der Waals surface area contributed by atoms with Crippen LogP contribution in [0.15, 0.2) is 24.3 Å². The molecule has 116 valence electrons. The van der Waals surface area contributed by atoms with E-state index in [0.29, 0.717) is 19.5 Å². The van der Waals surface area contributed by atoms with Crippen LogP contribution in [0.4, 0.5) is 5.69 Å². The molecule has 0 saturated carbocycles. The number of rotatable bonds is 6. The van der Waals surface area contributed by atoms with Crippen LogP contribution < -0.4 is 11.1 Å². The minimum atomic E-state index is 0.0118. The number of hydrogen-bond acceptors (Lipinski definition) is 4. The van der Waals surface area contributed by atoms with Crippen molar-refractivity contribution in [1.82, 2.24) is 4.90 Å². The van der Waals surface area contributed by atoms with Crippen molar-refractivity contribution in [1.29, 1.82) is 0 Å². The maximum absolute atomic E-state index is 12.0. The number of nitrogens with two attached hydrogens (primary N) is 1. The Labute approximate surface area is 126 Å². The summed E-state index contributed by atoms with van der Waals surface area (Å²) in [6.45, 7) is 2.37. The zero-order valence-corrected chi connectivity index (χ0v) is 12.4. The van der Waals surface area contributed by atoms with E-state index in [-0.39, 0.29) is 18.6 Å². The Bertz CT molecular complexity index is 447. The molecular formula is C16H25N3O2. The predicted molar refractivity (Wildman–Crippen MR) is 83.9 cm³/mol. The summed E-state index contributed by atoms with van der Waals surface area (Å²) in [5.74, 6) is 0.0118. The molecule has 5 heteroatoms. The zero-order valence-electron chi connectivity index (χ0n) is 12.4. The number of benzene rings is 1. The fourth-order valence-corrected chi connectivity index (χ4v) is 2.75. The highest BCUT2D eigenvalue weighted by Crippen LogP contribution is 2.17. The zero-order chi connectivity index (χ0) is 15.1. The molecule has 0 radical (unpaired) electrons. The molecule has 1 aromatic rings. The molecule has 1 aliphatic rings. The Morgan fingerprint density at radius 1 is 1.33 bits per heavy atom. The first-order valence-electron chi connectivity index (χ1n) is 7.66. The first-order valence-corrected chi connectivity index (χ1v) is 7.66. The molecule has 0 spiro atoms. The lowest BCUT2D eigenvalue weighted by Crippen LogP contribution is -2.43. The topological polar surface area (TPSA) is 78.6 Å². The molecule has 0 bridgehead atoms. The van der Waals surface area contributed by atoms with Gasteiger partial charge in [-0.3, -0.25) is 9.69 Å². The second-order valence-electron chi connectivity index (χ2n) is 5.57. The van der Waals surface area contributed by atoms with Crippen molar-refractivity contribution < 1.29 is 9.90 Å². The molecule has 1 aromatic carbocycles. The van der Waals surface area contributed by atoms with Gasteiger partial charge in [0.1, 0.15) is 0 Å². The Morgan fingerprint density at radius 2 is 2.10 bits per heavy atom. The number of carbonyl (C=O) groups is 1. The highest BCUT2D eigenvalue weighted by molar-refractivity contribution is 5.90. The van der Waals surface area contributed by atoms with Crippen LogP contribution in [-0.4, -0.2) is 41.7 Å². The lowest BCUT2D eigenvalue weighted by atomic mass is 10.0. The Kier molecular flexibility index (Phi) is 6.17. The van der Waals surface area contributed by atoms with Crippen LogP contribution in [0, 0.1) is 0 Å². The van der Waals surface area contributed by atoms with Crippen molar-refractivity contribution in [2.75, 3.05) is 25.0 Å². The van der Waals surface area contributed by atoms with E-state index in [1.165, 1.54) is 6.42 Å². The number of nitrogens with zero attached hydrogens (tertiary/aromatic N) is 1. The van der Waals surface area contributed by atoms with E-state index in [1.54, 1.807) is 0 Å². The number of aliphatic hydroxyl groups is 1. The van der Waals surface area contributed by atoms with Crippen molar-refractivity contribution in [2.45, 2.75) is 38.3 Å². The second kappa shape index (κ2) is 8.12. The molecule has 1 saturated heterocycles. The molecule has 1 amide bonds. The lowest BCUT2D eigenvalue weighted by Gasteiger charge is -2.34. The van der Waals surface area contributed by atoms with E-state index in [1.807, 2.05) is 24.3 Å². The van der Waals surface area contributed by atoms with Gasteiger partial charge in [-0.15, -0.1) is 0 Å². The van der Waals surface area contributed by atoms with Gasteiger partial charge in [-0.1, -0.05) is 18.6 Å². The van der Waals surface area contributed by atoms with E-state index < -0.39 is 0 Å². The molecule has 1 fully saturated rings. The summed E-state index contributed by atoms with van der Waals surface area (Å²) in [5, 5.41) is 12.3. The first kappa shape index (κ1) is 15.9. The Balaban J connectivity index is 1.78. The van der Waals surface area contributed by atoms with E-state index >= 15 is 0 Å². The molecule has 21 heavy (non-hydrogen) atoms. The fraction of sp³-hybridized carbons (Fsp3) is 0.562. The third-order valence-electron chi connectivity index (χ3n) is 4.06. The van der Waals surface area contributed by atoms with Crippen LogP contribution >= 0.6 is 0 Å². The molecule has 2 rings (SSSR count). The van der Waals surface area contributed by atoms with Crippen molar-refractivity contribution in [3.8, 4) is 0 Å². The first-order chi connectivity index (χ1) is 10.2. The summed E-state index contributed by atoms with van der Waals surface area (Å²) in [4.78, 5) is 14.2. The molecule has 1 heterocycles. The second-order valence-corrected chi connectivity index (χ2v) is 5.57. The highest BCUT2D eigenvalue weighted by atomic mass is 16.3. The van der Waals surface area contributed by atoms with Crippen molar-refractivity contribution in [2.24, 2.45) is 5.73 Å². The van der Waals surface area contributed by atoms with Crippen LogP contribution in [0.25, 0.3) is 0 Å². The summed E-state index contributed by atoms with van der Waals surface area (Å²) >= 11 is 0. The number of anilines is 1. The summed E-state index contributed by atoms with van der Waals surface area (Å²) in [7, 11) is 0. The molecule has 1 atom stereocenters. The van der Waals surface area contributed by atoms with E-state index in [0.717, 1.165) is 30.6 Å². The third kappa shape index (κ3) is 4.81. The van der Waals surface area contributed by atoms with Gasteiger partial charge in [0.15, 0.2) is 0 Å². The largest absolute Gasteiger partial charge is 0.395 e. The number of piperidine rings is 1. The monoisotopic (exact) mass is 291 g/mol. The summed E-state index contributed by atoms with van der Waals surface area (Å²) in [6.07, 6.45) is 3.80. The van der Waals surface area contributed by atoms with Crippen molar-refractivity contribution in [3.63, 3.8) is 0 Å². The molecule has 1 aliphatic heterocycles. The molecule has 4 N–H and O–H groups in total. The van der Waals surface area contributed by atoms with Gasteiger partial charge in [0.25, 0.3) is 0 Å². The van der Waals surface area contributed by atoms with E-state index in [2.05, 4.69) is 10.2 Å². The van der Waals surface area contributed by atoms with Gasteiger partial charge in [-0.05, 0) is 37.1 Å². The number of amides is 1. The third-order valence-corrected chi connectivity index (χ3v) is 4.06. The molecule has 0 aromatic heterocycles. The SMILES string of the molecule is NCc1ccc(NC(=O)CCN2CCCCC2CO)cc1. The van der Waals surface area contributed by atoms with Gasteiger partial charge < -0.3 is 16.2 Å². The van der Waals surface area contributed by atoms with Crippen LogP contribution in [-0.2, 0) is 11.3 Å². The van der Waals surface area contributed by atoms with Gasteiger partial charge in [-0.25, -0.2) is 0 Å². The van der Waals surface area contributed by atoms with E-state index in [9.17, 15) is 9.90 Å². The predicted octanol–water partition coefficient (Wildman–Crippen LogP) is 1.32. The Hall–Kier alpha value is -1.43. The number of carbonyl (C=O) groups excluding carboxylic acids is 1. The fourth-order valence-electron chi connectivity index (χ4n) is 2.75. The molecule has 5 nitrogen and oxygen atoms in total. The number of hydrogen-bond donors (Lipinski definition) is 3. The standard InChI is InChI=1S/C16H25N3O2/c17-11-13-4-6-14(7-5-13)18-16(21)8-10-19-9-2-1-3-15(19)12-20/h4-7,15,20H,1-3,8-12,17H2,(H,18,21). The normalized spacial score (nSPS) is 19.4. The lowest BCUT2D eigenvalue weighted by molar-refractivity contribution is -0.116. The summed E-state index contributed by atoms with van der Waals surface area (Å²) < 4.78 is 0. The summed E-state index contributed by atoms with van der Waals surface area (Å²) in [6, 6.07) is 7.80. The van der Waals surface area contributed by atoms with Crippen LogP contribution in [0.3, 0.4) is 0 Å². The average Bonchev–Trinajstić information content (AvgIpc) is 2.54. The van der Waals surface area contributed by atoms with Crippen molar-refractivity contribution >= 4 is 11.6 Å².